The smallest absolute Gasteiger partial charge is 0.308 e. The van der Waals surface area contributed by atoms with Crippen molar-refractivity contribution in [2.75, 3.05) is 0 Å². The lowest BCUT2D eigenvalue weighted by Gasteiger charge is -2.08. The van der Waals surface area contributed by atoms with Crippen LogP contribution >= 0.6 is 0 Å². The molecule has 0 heterocycles. The van der Waals surface area contributed by atoms with Crippen molar-refractivity contribution < 1.29 is 19.8 Å². The predicted octanol–water partition coefficient (Wildman–Crippen LogP) is 1.60. The van der Waals surface area contributed by atoms with Crippen molar-refractivity contribution in [2.24, 2.45) is 11.3 Å². The Morgan fingerprint density at radius 3 is 1.46 bits per heavy atom. The van der Waals surface area contributed by atoms with Crippen LogP contribution in [0.4, 0.5) is 0 Å². The first kappa shape index (κ1) is 11.9. The summed E-state index contributed by atoms with van der Waals surface area (Å²) in [6, 6.07) is 0. The van der Waals surface area contributed by atoms with Gasteiger partial charge in [0.25, 0.3) is 0 Å². The average Bonchev–Trinajstić information content (AvgIpc) is 2.65. The summed E-state index contributed by atoms with van der Waals surface area (Å²) in [5.74, 6) is -1.37. The van der Waals surface area contributed by atoms with Gasteiger partial charge in [-0.3, -0.25) is 9.59 Å². The van der Waals surface area contributed by atoms with E-state index in [1.54, 1.807) is 20.8 Å². The summed E-state index contributed by atoms with van der Waals surface area (Å²) in [6.07, 6.45) is 1.80. The molecule has 0 aromatic rings. The lowest BCUT2D eigenvalue weighted by Crippen LogP contribution is -2.18. The fourth-order valence-corrected chi connectivity index (χ4v) is 0.330. The third-order valence-corrected chi connectivity index (χ3v) is 1.57. The van der Waals surface area contributed by atoms with Crippen LogP contribution in [0.25, 0.3) is 0 Å². The van der Waals surface area contributed by atoms with E-state index in [0.29, 0.717) is 0 Å². The molecule has 0 amide bonds. The van der Waals surface area contributed by atoms with Gasteiger partial charge in [0.1, 0.15) is 0 Å². The maximum atomic E-state index is 10.0. The van der Waals surface area contributed by atoms with Gasteiger partial charge in [-0.2, -0.15) is 0 Å². The Bertz CT molecular complexity index is 198. The highest BCUT2D eigenvalue weighted by atomic mass is 16.4. The Kier molecular flexibility index (Phi) is 3.91. The monoisotopic (exact) mass is 188 g/mol. The topological polar surface area (TPSA) is 74.6 Å². The number of carboxylic acid groups (broad SMARTS) is 2. The highest BCUT2D eigenvalue weighted by Gasteiger charge is 2.28. The largest absolute Gasteiger partial charge is 0.481 e. The van der Waals surface area contributed by atoms with E-state index in [0.717, 1.165) is 12.8 Å². The summed E-state index contributed by atoms with van der Waals surface area (Å²) in [6.45, 7) is 4.99. The molecule has 1 aliphatic carbocycles. The third-order valence-electron chi connectivity index (χ3n) is 1.57. The van der Waals surface area contributed by atoms with Crippen molar-refractivity contribution in [1.29, 1.82) is 0 Å². The molecule has 0 saturated heterocycles. The van der Waals surface area contributed by atoms with Crippen LogP contribution in [0.5, 0.6) is 0 Å². The van der Waals surface area contributed by atoms with Gasteiger partial charge in [0.15, 0.2) is 0 Å². The quantitative estimate of drug-likeness (QED) is 0.655. The van der Waals surface area contributed by atoms with E-state index in [1.165, 1.54) is 0 Å². The van der Waals surface area contributed by atoms with Gasteiger partial charge in [0.05, 0.1) is 11.3 Å². The summed E-state index contributed by atoms with van der Waals surface area (Å²) in [4.78, 5) is 19.8. The first-order valence-electron chi connectivity index (χ1n) is 4.21. The zero-order valence-electron chi connectivity index (χ0n) is 8.20. The SMILES string of the molecule is CC(C)(C)C(=O)O.O=C(O)C1CC1. The van der Waals surface area contributed by atoms with Crippen molar-refractivity contribution in [3.63, 3.8) is 0 Å². The molecule has 0 spiro atoms. The summed E-state index contributed by atoms with van der Waals surface area (Å²) < 4.78 is 0. The molecule has 4 nitrogen and oxygen atoms in total. The second-order valence-corrected chi connectivity index (χ2v) is 4.17. The van der Waals surface area contributed by atoms with Crippen LogP contribution in [0.3, 0.4) is 0 Å². The molecule has 76 valence electrons. The highest BCUT2D eigenvalue weighted by Crippen LogP contribution is 2.28. The number of hydrogen-bond donors (Lipinski definition) is 2. The molecule has 1 fully saturated rings. The normalized spacial score (nSPS) is 15.6. The molecular formula is C9H16O4. The van der Waals surface area contributed by atoms with Crippen LogP contribution in [0.15, 0.2) is 0 Å². The zero-order chi connectivity index (χ0) is 10.6. The van der Waals surface area contributed by atoms with Crippen LogP contribution in [-0.4, -0.2) is 22.2 Å². The Morgan fingerprint density at radius 2 is 1.46 bits per heavy atom. The summed E-state index contributed by atoms with van der Waals surface area (Å²) in [7, 11) is 0. The second kappa shape index (κ2) is 4.25. The molecule has 0 atom stereocenters. The van der Waals surface area contributed by atoms with Gasteiger partial charge in [0.2, 0.25) is 0 Å². The Labute approximate surface area is 77.6 Å². The van der Waals surface area contributed by atoms with Gasteiger partial charge in [-0.05, 0) is 33.6 Å². The Hall–Kier alpha value is -1.06. The number of hydrogen-bond acceptors (Lipinski definition) is 2. The maximum Gasteiger partial charge on any atom is 0.308 e. The molecule has 0 aromatic heterocycles. The van der Waals surface area contributed by atoms with Crippen LogP contribution in [0, 0.1) is 11.3 Å². The molecule has 0 unspecified atom stereocenters. The molecule has 0 aromatic carbocycles. The number of carbonyl (C=O) groups is 2. The van der Waals surface area contributed by atoms with Crippen molar-refractivity contribution in [1.82, 2.24) is 0 Å². The number of rotatable bonds is 1. The van der Waals surface area contributed by atoms with Gasteiger partial charge in [-0.1, -0.05) is 0 Å². The Morgan fingerprint density at radius 1 is 1.15 bits per heavy atom. The van der Waals surface area contributed by atoms with Crippen LogP contribution in [0.1, 0.15) is 33.6 Å². The molecule has 0 aliphatic heterocycles. The summed E-state index contributed by atoms with van der Waals surface area (Å²) >= 11 is 0. The highest BCUT2D eigenvalue weighted by molar-refractivity contribution is 5.73. The average molecular weight is 188 g/mol. The fraction of sp³-hybridized carbons (Fsp3) is 0.778. The molecule has 0 radical (unpaired) electrons. The van der Waals surface area contributed by atoms with E-state index in [4.69, 9.17) is 10.2 Å². The zero-order valence-corrected chi connectivity index (χ0v) is 8.20. The van der Waals surface area contributed by atoms with Gasteiger partial charge in [-0.15, -0.1) is 0 Å². The standard InChI is InChI=1S/C5H10O2.C4H6O2/c1-5(2,3)4(6)7;5-4(6)3-1-2-3/h1-3H3,(H,6,7);3H,1-2H2,(H,5,6). The van der Waals surface area contributed by atoms with Gasteiger partial charge in [0, 0.05) is 0 Å². The molecular weight excluding hydrogens is 172 g/mol. The second-order valence-electron chi connectivity index (χ2n) is 4.17. The van der Waals surface area contributed by atoms with Gasteiger partial charge >= 0.3 is 11.9 Å². The molecule has 1 rings (SSSR count). The van der Waals surface area contributed by atoms with Crippen LogP contribution in [-0.2, 0) is 9.59 Å². The van der Waals surface area contributed by atoms with E-state index < -0.39 is 17.4 Å². The van der Waals surface area contributed by atoms with Crippen LogP contribution < -0.4 is 0 Å². The van der Waals surface area contributed by atoms with Crippen molar-refractivity contribution in [3.05, 3.63) is 0 Å². The lowest BCUT2D eigenvalue weighted by atomic mass is 9.98. The van der Waals surface area contributed by atoms with E-state index >= 15 is 0 Å². The van der Waals surface area contributed by atoms with Gasteiger partial charge < -0.3 is 10.2 Å². The first-order valence-corrected chi connectivity index (χ1v) is 4.21. The number of aliphatic carboxylic acids is 2. The maximum absolute atomic E-state index is 10.0. The van der Waals surface area contributed by atoms with E-state index in [2.05, 4.69) is 0 Å². The first-order chi connectivity index (χ1) is 5.75. The molecule has 1 aliphatic rings. The van der Waals surface area contributed by atoms with Crippen molar-refractivity contribution >= 4 is 11.9 Å². The molecule has 0 bridgehead atoms. The fourth-order valence-electron chi connectivity index (χ4n) is 0.330. The summed E-state index contributed by atoms with van der Waals surface area (Å²) in [5.41, 5.74) is -0.583. The number of carboxylic acids is 2. The predicted molar refractivity (Wildman–Crippen MR) is 47.5 cm³/mol. The van der Waals surface area contributed by atoms with Crippen LogP contribution in [0.2, 0.25) is 0 Å². The van der Waals surface area contributed by atoms with E-state index in [1.807, 2.05) is 0 Å². The summed E-state index contributed by atoms with van der Waals surface area (Å²) in [5, 5.41) is 16.3. The minimum Gasteiger partial charge on any atom is -0.481 e. The third kappa shape index (κ3) is 6.13. The molecule has 4 heteroatoms. The lowest BCUT2D eigenvalue weighted by molar-refractivity contribution is -0.145. The van der Waals surface area contributed by atoms with Crippen molar-refractivity contribution in [3.8, 4) is 0 Å². The molecule has 13 heavy (non-hydrogen) atoms. The molecule has 2 N–H and O–H groups in total. The minimum absolute atomic E-state index is 0.0185. The minimum atomic E-state index is -0.757. The molecule has 1 saturated carbocycles. The van der Waals surface area contributed by atoms with Crippen molar-refractivity contribution in [2.45, 2.75) is 33.6 Å². The van der Waals surface area contributed by atoms with Gasteiger partial charge in [-0.25, -0.2) is 0 Å². The Balaban J connectivity index is 0.000000223. The van der Waals surface area contributed by atoms with E-state index in [9.17, 15) is 9.59 Å². The van der Waals surface area contributed by atoms with E-state index in [-0.39, 0.29) is 5.92 Å².